The molecule has 1 aromatic heterocycles. The third-order valence-corrected chi connectivity index (χ3v) is 5.94. The van der Waals surface area contributed by atoms with E-state index in [1.54, 1.807) is 0 Å². The third kappa shape index (κ3) is 10.1. The molecule has 3 atom stereocenters. The smallest absolute Gasteiger partial charge is 0.475 e. The molecule has 0 radical (unpaired) electrons. The highest BCUT2D eigenvalue weighted by Crippen LogP contribution is 2.35. The standard InChI is InChI=1S/C18H26N2O3.2C2HF3O2/c1-2-17-18(23-13-14-3-7-19-8-4-14)16(1)20(9-12-22-17)15-5-10-21-11-6-15;2*3-2(4,5)1(6)7/h3-4,7-8,15-18H,1-2,5-6,9-13H2;2*(H,6,7). The van der Waals surface area contributed by atoms with Gasteiger partial charge in [0.25, 0.3) is 0 Å². The van der Waals surface area contributed by atoms with Crippen molar-refractivity contribution in [2.24, 2.45) is 0 Å². The Kier molecular flexibility index (Phi) is 11.5. The summed E-state index contributed by atoms with van der Waals surface area (Å²) >= 11 is 0. The second-order valence-electron chi connectivity index (χ2n) is 8.37. The zero-order chi connectivity index (χ0) is 27.6. The summed E-state index contributed by atoms with van der Waals surface area (Å²) in [5, 5.41) is 14.2. The van der Waals surface area contributed by atoms with Crippen LogP contribution < -0.4 is 0 Å². The number of carboxylic acid groups (broad SMARTS) is 2. The average molecular weight is 546 g/mol. The summed E-state index contributed by atoms with van der Waals surface area (Å²) in [5.74, 6) is -5.51. The van der Waals surface area contributed by atoms with E-state index >= 15 is 0 Å². The van der Waals surface area contributed by atoms with Crippen molar-refractivity contribution in [1.29, 1.82) is 0 Å². The molecule has 1 saturated carbocycles. The maximum absolute atomic E-state index is 10.6. The van der Waals surface area contributed by atoms with Gasteiger partial charge in [-0.2, -0.15) is 26.3 Å². The van der Waals surface area contributed by atoms with Gasteiger partial charge < -0.3 is 24.4 Å². The van der Waals surface area contributed by atoms with Crippen LogP contribution in [0.15, 0.2) is 24.5 Å². The van der Waals surface area contributed by atoms with E-state index < -0.39 is 24.3 Å². The molecule has 1 aromatic rings. The Labute approximate surface area is 208 Å². The number of ether oxygens (including phenoxy) is 3. The number of carbonyl (C=O) groups is 2. The lowest BCUT2D eigenvalue weighted by Crippen LogP contribution is -2.50. The number of aliphatic carboxylic acids is 2. The SMILES string of the molecule is O=C(O)C(F)(F)F.O=C(O)C(F)(F)F.c1cc(COC2C3CCC2N(C2CCOCC2)CCO3)ccn1. The predicted molar refractivity (Wildman–Crippen MR) is 114 cm³/mol. The van der Waals surface area contributed by atoms with E-state index in [9.17, 15) is 26.3 Å². The van der Waals surface area contributed by atoms with Crippen molar-refractivity contribution in [1.82, 2.24) is 9.88 Å². The summed E-state index contributed by atoms with van der Waals surface area (Å²) in [7, 11) is 0. The van der Waals surface area contributed by atoms with Crippen molar-refractivity contribution in [3.63, 3.8) is 0 Å². The molecule has 2 bridgehead atoms. The normalized spacial score (nSPS) is 24.6. The van der Waals surface area contributed by atoms with Gasteiger partial charge in [0.05, 0.1) is 25.4 Å². The average Bonchev–Trinajstić information content (AvgIpc) is 3.13. The largest absolute Gasteiger partial charge is 0.490 e. The van der Waals surface area contributed by atoms with Crippen molar-refractivity contribution < 1.29 is 60.4 Å². The molecular formula is C22H28F6N2O7. The predicted octanol–water partition coefficient (Wildman–Crippen LogP) is 3.28. The quantitative estimate of drug-likeness (QED) is 0.549. The molecule has 2 aliphatic heterocycles. The molecule has 37 heavy (non-hydrogen) atoms. The Morgan fingerprint density at radius 3 is 2.00 bits per heavy atom. The number of pyridine rings is 1. The van der Waals surface area contributed by atoms with Crippen LogP contribution in [0.4, 0.5) is 26.3 Å². The summed E-state index contributed by atoms with van der Waals surface area (Å²) in [5.41, 5.74) is 1.18. The van der Waals surface area contributed by atoms with Gasteiger partial charge in [-0.25, -0.2) is 9.59 Å². The fraction of sp³-hybridized carbons (Fsp3) is 0.682. The summed E-state index contributed by atoms with van der Waals surface area (Å²) in [6.45, 7) is 4.28. The summed E-state index contributed by atoms with van der Waals surface area (Å²) < 4.78 is 81.4. The van der Waals surface area contributed by atoms with E-state index in [1.807, 2.05) is 24.5 Å². The van der Waals surface area contributed by atoms with E-state index in [4.69, 9.17) is 34.0 Å². The number of nitrogens with zero attached hydrogens (tertiary/aromatic N) is 2. The van der Waals surface area contributed by atoms with Gasteiger partial charge >= 0.3 is 24.3 Å². The molecule has 1 aliphatic carbocycles. The van der Waals surface area contributed by atoms with Gasteiger partial charge in [0.2, 0.25) is 0 Å². The lowest BCUT2D eigenvalue weighted by atomic mass is 10.0. The molecule has 3 unspecified atom stereocenters. The summed E-state index contributed by atoms with van der Waals surface area (Å²) in [6.07, 6.45) is -1.50. The highest BCUT2D eigenvalue weighted by atomic mass is 19.4. The molecule has 3 fully saturated rings. The minimum atomic E-state index is -5.08. The number of hydrogen-bond acceptors (Lipinski definition) is 7. The van der Waals surface area contributed by atoms with Crippen molar-refractivity contribution in [3.8, 4) is 0 Å². The van der Waals surface area contributed by atoms with Gasteiger partial charge in [-0.1, -0.05) is 0 Å². The molecule has 9 nitrogen and oxygen atoms in total. The number of alkyl halides is 6. The van der Waals surface area contributed by atoms with Crippen molar-refractivity contribution in [2.75, 3.05) is 26.4 Å². The molecule has 0 spiro atoms. The zero-order valence-corrected chi connectivity index (χ0v) is 19.6. The maximum Gasteiger partial charge on any atom is 0.490 e. The highest BCUT2D eigenvalue weighted by molar-refractivity contribution is 5.73. The Balaban J connectivity index is 0.000000286. The van der Waals surface area contributed by atoms with Gasteiger partial charge in [-0.15, -0.1) is 0 Å². The third-order valence-electron chi connectivity index (χ3n) is 5.94. The molecule has 0 amide bonds. The van der Waals surface area contributed by atoms with Crippen LogP contribution in [0.25, 0.3) is 0 Å². The minimum absolute atomic E-state index is 0.188. The van der Waals surface area contributed by atoms with Crippen LogP contribution in [-0.4, -0.2) is 95.0 Å². The van der Waals surface area contributed by atoms with Crippen molar-refractivity contribution in [3.05, 3.63) is 30.1 Å². The van der Waals surface area contributed by atoms with Gasteiger partial charge in [-0.05, 0) is 43.4 Å². The molecule has 0 aromatic carbocycles. The van der Waals surface area contributed by atoms with Crippen LogP contribution in [0, 0.1) is 0 Å². The summed E-state index contributed by atoms with van der Waals surface area (Å²) in [6, 6.07) is 5.17. The first-order valence-corrected chi connectivity index (χ1v) is 11.4. The Bertz CT molecular complexity index is 826. The number of hydrogen-bond donors (Lipinski definition) is 2. The topological polar surface area (TPSA) is 118 Å². The second-order valence-corrected chi connectivity index (χ2v) is 8.37. The molecule has 2 saturated heterocycles. The van der Waals surface area contributed by atoms with E-state index in [-0.39, 0.29) is 12.2 Å². The Hall–Kier alpha value is -2.49. The summed E-state index contributed by atoms with van der Waals surface area (Å²) in [4.78, 5) is 24.5. The fourth-order valence-electron chi connectivity index (χ4n) is 4.28. The molecule has 3 heterocycles. The minimum Gasteiger partial charge on any atom is -0.475 e. The number of carboxylic acids is 2. The van der Waals surface area contributed by atoms with Crippen molar-refractivity contribution >= 4 is 11.9 Å². The van der Waals surface area contributed by atoms with Crippen LogP contribution in [0.1, 0.15) is 31.2 Å². The molecule has 15 heteroatoms. The first-order chi connectivity index (χ1) is 17.3. The van der Waals surface area contributed by atoms with Crippen LogP contribution >= 0.6 is 0 Å². The Morgan fingerprint density at radius 2 is 1.49 bits per heavy atom. The van der Waals surface area contributed by atoms with Gasteiger partial charge in [0, 0.05) is 44.2 Å². The van der Waals surface area contributed by atoms with Gasteiger partial charge in [0.1, 0.15) is 0 Å². The van der Waals surface area contributed by atoms with Crippen LogP contribution in [0.3, 0.4) is 0 Å². The lowest BCUT2D eigenvalue weighted by molar-refractivity contribution is -0.193. The number of fused-ring (bicyclic) bond motifs is 2. The van der Waals surface area contributed by atoms with Crippen LogP contribution in [0.2, 0.25) is 0 Å². The maximum atomic E-state index is 10.6. The fourth-order valence-corrected chi connectivity index (χ4v) is 4.28. The van der Waals surface area contributed by atoms with E-state index in [2.05, 4.69) is 9.88 Å². The monoisotopic (exact) mass is 546 g/mol. The highest BCUT2D eigenvalue weighted by Gasteiger charge is 2.45. The molecular weight excluding hydrogens is 518 g/mol. The van der Waals surface area contributed by atoms with E-state index in [0.29, 0.717) is 18.7 Å². The molecule has 210 valence electrons. The number of rotatable bonds is 4. The number of aromatic nitrogens is 1. The second kappa shape index (κ2) is 13.9. The van der Waals surface area contributed by atoms with E-state index in [1.165, 1.54) is 12.0 Å². The number of halogens is 6. The van der Waals surface area contributed by atoms with Crippen LogP contribution in [0.5, 0.6) is 0 Å². The molecule has 4 rings (SSSR count). The van der Waals surface area contributed by atoms with Gasteiger partial charge in [-0.3, -0.25) is 9.88 Å². The first kappa shape index (κ1) is 30.7. The lowest BCUT2D eigenvalue weighted by Gasteiger charge is -2.39. The van der Waals surface area contributed by atoms with Crippen LogP contribution in [-0.2, 0) is 30.4 Å². The van der Waals surface area contributed by atoms with Crippen molar-refractivity contribution in [2.45, 2.75) is 68.9 Å². The van der Waals surface area contributed by atoms with Gasteiger partial charge in [0.15, 0.2) is 0 Å². The molecule has 3 aliphatic rings. The van der Waals surface area contributed by atoms with E-state index in [0.717, 1.165) is 45.6 Å². The molecule has 2 N–H and O–H groups in total. The zero-order valence-electron chi connectivity index (χ0n) is 19.6. The Morgan fingerprint density at radius 1 is 0.946 bits per heavy atom. The first-order valence-electron chi connectivity index (χ1n) is 11.4.